The van der Waals surface area contributed by atoms with Crippen molar-refractivity contribution in [3.05, 3.63) is 99.8 Å². The molecular weight excluding hydrogens is 440 g/mol. The summed E-state index contributed by atoms with van der Waals surface area (Å²) < 4.78 is 18.3. The number of Topliss-reactive ketones (excluding diaryl/α,β-unsaturated/α-hetero) is 1. The SMILES string of the molecule is O=C(COC(=O)c1cc(-c2ccc(Cl)cc2Cl)nc2ccccc12)c1ccc(F)cc1. The van der Waals surface area contributed by atoms with Gasteiger partial charge in [0, 0.05) is 21.5 Å². The highest BCUT2D eigenvalue weighted by Crippen LogP contribution is 2.32. The van der Waals surface area contributed by atoms with Crippen molar-refractivity contribution >= 4 is 45.9 Å². The maximum Gasteiger partial charge on any atom is 0.339 e. The molecule has 0 fully saturated rings. The molecule has 4 nitrogen and oxygen atoms in total. The Bertz CT molecular complexity index is 1310. The van der Waals surface area contributed by atoms with Crippen LogP contribution in [0, 0.1) is 5.82 Å². The molecule has 1 aromatic heterocycles. The first-order valence-corrected chi connectivity index (χ1v) is 9.99. The third-order valence-electron chi connectivity index (χ3n) is 4.64. The second kappa shape index (κ2) is 8.84. The first-order chi connectivity index (χ1) is 14.9. The molecular formula is C24H14Cl2FNO3. The van der Waals surface area contributed by atoms with Crippen LogP contribution in [0.2, 0.25) is 10.0 Å². The minimum Gasteiger partial charge on any atom is -0.454 e. The molecule has 0 spiro atoms. The maximum absolute atomic E-state index is 13.0. The summed E-state index contributed by atoms with van der Waals surface area (Å²) in [6.45, 7) is -0.474. The number of benzene rings is 3. The van der Waals surface area contributed by atoms with Crippen molar-refractivity contribution in [1.29, 1.82) is 0 Å². The lowest BCUT2D eigenvalue weighted by Gasteiger charge is -2.11. The zero-order valence-corrected chi connectivity index (χ0v) is 17.5. The number of esters is 1. The van der Waals surface area contributed by atoms with Gasteiger partial charge < -0.3 is 4.74 Å². The molecule has 0 N–H and O–H groups in total. The molecule has 0 radical (unpaired) electrons. The number of para-hydroxylation sites is 1. The molecule has 1 heterocycles. The number of rotatable bonds is 5. The van der Waals surface area contributed by atoms with Crippen LogP contribution in [0.15, 0.2) is 72.8 Å². The number of nitrogens with zero attached hydrogens (tertiary/aromatic N) is 1. The molecule has 4 rings (SSSR count). The summed E-state index contributed by atoms with van der Waals surface area (Å²) in [5.74, 6) is -1.57. The number of hydrogen-bond acceptors (Lipinski definition) is 4. The van der Waals surface area contributed by atoms with Gasteiger partial charge in [-0.05, 0) is 54.6 Å². The summed E-state index contributed by atoms with van der Waals surface area (Å²) in [6.07, 6.45) is 0. The van der Waals surface area contributed by atoms with Crippen LogP contribution in [0.4, 0.5) is 4.39 Å². The lowest BCUT2D eigenvalue weighted by Crippen LogP contribution is -2.15. The average Bonchev–Trinajstić information content (AvgIpc) is 2.77. The number of ketones is 1. The Hall–Kier alpha value is -3.28. The Labute approximate surface area is 187 Å². The minimum atomic E-state index is -0.680. The number of hydrogen-bond donors (Lipinski definition) is 0. The number of ether oxygens (including phenoxy) is 1. The van der Waals surface area contributed by atoms with Gasteiger partial charge in [0.05, 0.1) is 21.8 Å². The lowest BCUT2D eigenvalue weighted by molar-refractivity contribution is 0.0476. The van der Waals surface area contributed by atoms with Crippen LogP contribution in [-0.4, -0.2) is 23.3 Å². The van der Waals surface area contributed by atoms with Gasteiger partial charge in [-0.15, -0.1) is 0 Å². The number of fused-ring (bicyclic) bond motifs is 1. The van der Waals surface area contributed by atoms with Gasteiger partial charge in [0.2, 0.25) is 0 Å². The van der Waals surface area contributed by atoms with Crippen molar-refractivity contribution < 1.29 is 18.7 Å². The predicted octanol–water partition coefficient (Wildman–Crippen LogP) is 6.39. The van der Waals surface area contributed by atoms with Crippen molar-refractivity contribution in [2.75, 3.05) is 6.61 Å². The van der Waals surface area contributed by atoms with Crippen molar-refractivity contribution in [1.82, 2.24) is 4.98 Å². The number of aromatic nitrogens is 1. The van der Waals surface area contributed by atoms with Gasteiger partial charge in [0.15, 0.2) is 12.4 Å². The predicted molar refractivity (Wildman–Crippen MR) is 118 cm³/mol. The highest BCUT2D eigenvalue weighted by molar-refractivity contribution is 6.36. The van der Waals surface area contributed by atoms with Crippen LogP contribution in [0.1, 0.15) is 20.7 Å². The summed E-state index contributed by atoms with van der Waals surface area (Å²) in [5, 5.41) is 1.45. The second-order valence-electron chi connectivity index (χ2n) is 6.70. The van der Waals surface area contributed by atoms with Gasteiger partial charge in [-0.3, -0.25) is 4.79 Å². The van der Waals surface area contributed by atoms with Crippen LogP contribution >= 0.6 is 23.2 Å². The Morgan fingerprint density at radius 1 is 0.935 bits per heavy atom. The van der Waals surface area contributed by atoms with Crippen LogP contribution in [0.5, 0.6) is 0 Å². The van der Waals surface area contributed by atoms with Crippen LogP contribution in [0.25, 0.3) is 22.2 Å². The molecule has 0 aliphatic heterocycles. The molecule has 0 aliphatic rings. The molecule has 0 saturated heterocycles. The summed E-state index contributed by atoms with van der Waals surface area (Å²) in [7, 11) is 0. The number of halogens is 3. The van der Waals surface area contributed by atoms with Crippen molar-refractivity contribution in [2.24, 2.45) is 0 Å². The van der Waals surface area contributed by atoms with E-state index >= 15 is 0 Å². The first kappa shape index (κ1) is 21.0. The van der Waals surface area contributed by atoms with E-state index in [-0.39, 0.29) is 11.1 Å². The number of pyridine rings is 1. The van der Waals surface area contributed by atoms with Gasteiger partial charge in [-0.2, -0.15) is 0 Å². The summed E-state index contributed by atoms with van der Waals surface area (Å²) in [6, 6.07) is 18.7. The third kappa shape index (κ3) is 4.58. The highest BCUT2D eigenvalue weighted by Gasteiger charge is 2.18. The molecule has 0 saturated carbocycles. The van der Waals surface area contributed by atoms with E-state index in [1.165, 1.54) is 24.3 Å². The van der Waals surface area contributed by atoms with Gasteiger partial charge in [0.25, 0.3) is 0 Å². The maximum atomic E-state index is 13.0. The number of carbonyl (C=O) groups is 2. The first-order valence-electron chi connectivity index (χ1n) is 9.23. The van der Waals surface area contributed by atoms with Gasteiger partial charge in [-0.25, -0.2) is 14.2 Å². The van der Waals surface area contributed by atoms with E-state index in [0.717, 1.165) is 0 Å². The van der Waals surface area contributed by atoms with E-state index in [4.69, 9.17) is 27.9 Å². The van der Waals surface area contributed by atoms with E-state index in [1.54, 1.807) is 48.5 Å². The van der Waals surface area contributed by atoms with E-state index in [9.17, 15) is 14.0 Å². The van der Waals surface area contributed by atoms with E-state index < -0.39 is 24.2 Å². The third-order valence-corrected chi connectivity index (χ3v) is 5.19. The molecule has 154 valence electrons. The monoisotopic (exact) mass is 453 g/mol. The van der Waals surface area contributed by atoms with Crippen molar-refractivity contribution in [3.63, 3.8) is 0 Å². The fourth-order valence-corrected chi connectivity index (χ4v) is 3.61. The average molecular weight is 454 g/mol. The Morgan fingerprint density at radius 3 is 2.42 bits per heavy atom. The zero-order chi connectivity index (χ0) is 22.0. The molecule has 0 aliphatic carbocycles. The Morgan fingerprint density at radius 2 is 1.68 bits per heavy atom. The second-order valence-corrected chi connectivity index (χ2v) is 7.55. The molecule has 0 bridgehead atoms. The van der Waals surface area contributed by atoms with Gasteiger partial charge >= 0.3 is 5.97 Å². The lowest BCUT2D eigenvalue weighted by atomic mass is 10.0. The summed E-state index contributed by atoms with van der Waals surface area (Å²) in [4.78, 5) is 29.7. The van der Waals surface area contributed by atoms with Crippen molar-refractivity contribution in [3.8, 4) is 11.3 Å². The molecule has 4 aromatic rings. The van der Waals surface area contributed by atoms with Crippen LogP contribution in [-0.2, 0) is 4.74 Å². The molecule has 31 heavy (non-hydrogen) atoms. The van der Waals surface area contributed by atoms with E-state index in [1.807, 2.05) is 0 Å². The fraction of sp³-hybridized carbons (Fsp3) is 0.0417. The Kier molecular flexibility index (Phi) is 5.98. The fourth-order valence-electron chi connectivity index (χ4n) is 3.11. The van der Waals surface area contributed by atoms with Crippen LogP contribution < -0.4 is 0 Å². The standard InChI is InChI=1S/C24H14Cl2FNO3/c25-15-7-10-18(20(26)11-15)22-12-19(17-3-1-2-4-21(17)28-22)24(30)31-13-23(29)14-5-8-16(27)9-6-14/h1-12H,13H2. The van der Waals surface area contributed by atoms with Gasteiger partial charge in [0.1, 0.15) is 5.82 Å². The normalized spacial score (nSPS) is 10.8. The smallest absolute Gasteiger partial charge is 0.339 e. The number of carbonyl (C=O) groups excluding carboxylic acids is 2. The minimum absolute atomic E-state index is 0.249. The highest BCUT2D eigenvalue weighted by atomic mass is 35.5. The topological polar surface area (TPSA) is 56.3 Å². The largest absolute Gasteiger partial charge is 0.454 e. The van der Waals surface area contributed by atoms with Crippen molar-refractivity contribution in [2.45, 2.75) is 0 Å². The summed E-state index contributed by atoms with van der Waals surface area (Å²) >= 11 is 12.3. The van der Waals surface area contributed by atoms with E-state index in [0.29, 0.717) is 32.2 Å². The molecule has 0 unspecified atom stereocenters. The Balaban J connectivity index is 1.66. The van der Waals surface area contributed by atoms with Gasteiger partial charge in [-0.1, -0.05) is 41.4 Å². The molecule has 7 heteroatoms. The summed E-state index contributed by atoms with van der Waals surface area (Å²) in [5.41, 5.74) is 2.15. The van der Waals surface area contributed by atoms with E-state index in [2.05, 4.69) is 4.98 Å². The van der Waals surface area contributed by atoms with Crippen LogP contribution in [0.3, 0.4) is 0 Å². The molecule has 3 aromatic carbocycles. The molecule has 0 amide bonds. The quantitative estimate of drug-likeness (QED) is 0.259. The molecule has 0 atom stereocenters. The zero-order valence-electron chi connectivity index (χ0n) is 15.9.